The van der Waals surface area contributed by atoms with Crippen LogP contribution in [0.25, 0.3) is 0 Å². The van der Waals surface area contributed by atoms with Gasteiger partial charge in [-0.2, -0.15) is 0 Å². The first-order chi connectivity index (χ1) is 16.7. The van der Waals surface area contributed by atoms with Crippen molar-refractivity contribution in [1.82, 2.24) is 15.5 Å². The number of halogens is 2. The fraction of sp³-hybridized carbons (Fsp3) is 0.704. The van der Waals surface area contributed by atoms with Crippen LogP contribution in [0.5, 0.6) is 0 Å². The molecule has 1 aromatic carbocycles. The van der Waals surface area contributed by atoms with Crippen LogP contribution in [0.15, 0.2) is 18.2 Å². The van der Waals surface area contributed by atoms with Crippen molar-refractivity contribution in [2.75, 3.05) is 26.3 Å². The second-order valence-electron chi connectivity index (χ2n) is 10.7. The first kappa shape index (κ1) is 27.5. The van der Waals surface area contributed by atoms with Crippen molar-refractivity contribution in [3.63, 3.8) is 0 Å². The van der Waals surface area contributed by atoms with Crippen molar-refractivity contribution in [1.29, 1.82) is 0 Å². The average molecular weight is 494 g/mol. The summed E-state index contributed by atoms with van der Waals surface area (Å²) in [6, 6.07) is 3.53. The van der Waals surface area contributed by atoms with E-state index in [9.17, 15) is 18.4 Å². The van der Waals surface area contributed by atoms with E-state index in [1.807, 2.05) is 20.8 Å². The minimum atomic E-state index is -0.839. The molecule has 3 rings (SSSR count). The van der Waals surface area contributed by atoms with E-state index in [2.05, 4.69) is 15.5 Å². The van der Waals surface area contributed by atoms with Crippen LogP contribution >= 0.6 is 0 Å². The van der Waals surface area contributed by atoms with Crippen LogP contribution in [-0.2, 0) is 20.9 Å². The van der Waals surface area contributed by atoms with Gasteiger partial charge in [0.15, 0.2) is 11.6 Å². The van der Waals surface area contributed by atoms with E-state index in [0.29, 0.717) is 57.7 Å². The lowest BCUT2D eigenvalue weighted by Crippen LogP contribution is -2.56. The van der Waals surface area contributed by atoms with E-state index >= 15 is 0 Å². The molecule has 2 heterocycles. The zero-order chi connectivity index (χ0) is 25.4. The third-order valence-electron chi connectivity index (χ3n) is 7.25. The quantitative estimate of drug-likeness (QED) is 0.661. The molecule has 2 amide bonds. The molecule has 2 aliphatic rings. The predicted octanol–water partition coefficient (Wildman–Crippen LogP) is 4.17. The third kappa shape index (κ3) is 7.71. The zero-order valence-electron chi connectivity index (χ0n) is 21.4. The zero-order valence-corrected chi connectivity index (χ0v) is 21.4. The number of benzene rings is 1. The summed E-state index contributed by atoms with van der Waals surface area (Å²) in [5.74, 6) is -1.63. The Kier molecular flexibility index (Phi) is 10.0. The van der Waals surface area contributed by atoms with Crippen LogP contribution in [0.3, 0.4) is 0 Å². The number of nitrogens with zero attached hydrogens (tertiary/aromatic N) is 1. The first-order valence-corrected chi connectivity index (χ1v) is 13.0. The molecule has 0 radical (unpaired) electrons. The molecule has 0 bridgehead atoms. The van der Waals surface area contributed by atoms with Gasteiger partial charge in [-0.05, 0) is 64.1 Å². The molecule has 0 aliphatic carbocycles. The summed E-state index contributed by atoms with van der Waals surface area (Å²) in [4.78, 5) is 28.8. The molecule has 2 N–H and O–H groups in total. The second-order valence-corrected chi connectivity index (χ2v) is 10.7. The Morgan fingerprint density at radius 2 is 1.83 bits per heavy atom. The molecular weight excluding hydrogens is 452 g/mol. The van der Waals surface area contributed by atoms with Crippen LogP contribution in [-0.4, -0.2) is 55.1 Å². The van der Waals surface area contributed by atoms with Gasteiger partial charge in [0.25, 0.3) is 0 Å². The molecule has 196 valence electrons. The van der Waals surface area contributed by atoms with E-state index in [4.69, 9.17) is 4.74 Å². The second kappa shape index (κ2) is 12.8. The number of piperidine rings is 1. The smallest absolute Gasteiger partial charge is 0.242 e. The average Bonchev–Trinajstić information content (AvgIpc) is 2.81. The molecule has 0 saturated carbocycles. The Hall–Kier alpha value is -2.06. The fourth-order valence-corrected chi connectivity index (χ4v) is 5.15. The third-order valence-corrected chi connectivity index (χ3v) is 7.25. The Balaban J connectivity index is 1.73. The lowest BCUT2D eigenvalue weighted by molar-refractivity contribution is -0.139. The van der Waals surface area contributed by atoms with Crippen molar-refractivity contribution in [3.05, 3.63) is 35.4 Å². The Labute approximate surface area is 208 Å². The number of likely N-dealkylation sites (tertiary alicyclic amines) is 1. The van der Waals surface area contributed by atoms with Crippen LogP contribution < -0.4 is 10.6 Å². The molecule has 1 spiro atoms. The lowest BCUT2D eigenvalue weighted by atomic mass is 9.73. The SMILES string of the molecule is CC(C)C[C@@H]1NC(=O)C2(CCCCCOC[C@@H](C)NC1=O)CCN(Cc1cccc(F)c1F)CC2. The molecular formula is C27H41F2N3O3. The maximum atomic E-state index is 14.2. The number of nitrogens with one attached hydrogen (secondary N) is 2. The Morgan fingerprint density at radius 1 is 1.09 bits per heavy atom. The number of carbonyl (C=O) groups is 2. The summed E-state index contributed by atoms with van der Waals surface area (Å²) >= 11 is 0. The topological polar surface area (TPSA) is 70.7 Å². The van der Waals surface area contributed by atoms with Crippen LogP contribution in [0.1, 0.15) is 71.3 Å². The van der Waals surface area contributed by atoms with Gasteiger partial charge in [-0.25, -0.2) is 8.78 Å². The van der Waals surface area contributed by atoms with Crippen molar-refractivity contribution < 1.29 is 23.1 Å². The predicted molar refractivity (Wildman–Crippen MR) is 132 cm³/mol. The number of ether oxygens (including phenoxy) is 1. The summed E-state index contributed by atoms with van der Waals surface area (Å²) in [6.07, 6.45) is 5.35. The number of hydrogen-bond acceptors (Lipinski definition) is 4. The molecule has 2 fully saturated rings. The van der Waals surface area contributed by atoms with Crippen LogP contribution in [0.2, 0.25) is 0 Å². The number of amides is 2. The van der Waals surface area contributed by atoms with Gasteiger partial charge in [0.05, 0.1) is 12.0 Å². The molecule has 6 nitrogen and oxygen atoms in total. The first-order valence-electron chi connectivity index (χ1n) is 13.0. The highest BCUT2D eigenvalue weighted by atomic mass is 19.2. The molecule has 2 saturated heterocycles. The van der Waals surface area contributed by atoms with Gasteiger partial charge in [0.1, 0.15) is 6.04 Å². The van der Waals surface area contributed by atoms with E-state index in [1.165, 1.54) is 6.07 Å². The van der Waals surface area contributed by atoms with Crippen molar-refractivity contribution in [3.8, 4) is 0 Å². The van der Waals surface area contributed by atoms with Gasteiger partial charge in [0.2, 0.25) is 11.8 Å². The van der Waals surface area contributed by atoms with Gasteiger partial charge in [-0.3, -0.25) is 14.5 Å². The summed E-state index contributed by atoms with van der Waals surface area (Å²) in [7, 11) is 0. The van der Waals surface area contributed by atoms with Crippen molar-refractivity contribution in [2.45, 2.75) is 84.3 Å². The molecule has 2 aliphatic heterocycles. The van der Waals surface area contributed by atoms with Gasteiger partial charge in [-0.15, -0.1) is 0 Å². The van der Waals surface area contributed by atoms with E-state index in [0.717, 1.165) is 31.7 Å². The van der Waals surface area contributed by atoms with Crippen molar-refractivity contribution in [2.24, 2.45) is 11.3 Å². The highest BCUT2D eigenvalue weighted by Gasteiger charge is 2.42. The van der Waals surface area contributed by atoms with Gasteiger partial charge < -0.3 is 15.4 Å². The monoisotopic (exact) mass is 493 g/mol. The van der Waals surface area contributed by atoms with Crippen LogP contribution in [0, 0.1) is 23.0 Å². The van der Waals surface area contributed by atoms with Gasteiger partial charge in [0, 0.05) is 24.8 Å². The summed E-state index contributed by atoms with van der Waals surface area (Å²) in [5.41, 5.74) is -0.234. The molecule has 0 aromatic heterocycles. The largest absolute Gasteiger partial charge is 0.379 e. The molecule has 1 aromatic rings. The van der Waals surface area contributed by atoms with E-state index in [1.54, 1.807) is 6.07 Å². The molecule has 35 heavy (non-hydrogen) atoms. The Morgan fingerprint density at radius 3 is 2.54 bits per heavy atom. The Bertz CT molecular complexity index is 856. The summed E-state index contributed by atoms with van der Waals surface area (Å²) in [6.45, 7) is 8.64. The van der Waals surface area contributed by atoms with E-state index in [-0.39, 0.29) is 23.8 Å². The van der Waals surface area contributed by atoms with Crippen molar-refractivity contribution >= 4 is 11.8 Å². The highest BCUT2D eigenvalue weighted by molar-refractivity contribution is 5.90. The number of rotatable bonds is 4. The maximum absolute atomic E-state index is 14.2. The lowest BCUT2D eigenvalue weighted by Gasteiger charge is -2.41. The number of carbonyl (C=O) groups excluding carboxylic acids is 2. The fourth-order valence-electron chi connectivity index (χ4n) is 5.15. The molecule has 2 atom stereocenters. The van der Waals surface area contributed by atoms with E-state index < -0.39 is 23.1 Å². The normalized spacial score (nSPS) is 25.2. The minimum absolute atomic E-state index is 0.0594. The van der Waals surface area contributed by atoms with Crippen LogP contribution in [0.4, 0.5) is 8.78 Å². The summed E-state index contributed by atoms with van der Waals surface area (Å²) < 4.78 is 33.6. The molecule has 8 heteroatoms. The standard InChI is InChI=1S/C27H41F2N3O3/c1-19(2)16-23-25(33)30-20(3)18-35-15-6-4-5-10-27(26(34)31-23)11-13-32(14-12-27)17-21-8-7-9-22(28)24(21)29/h7-9,19-20,23H,4-6,10-18H2,1-3H3,(H,30,33)(H,31,34)/t20-,23+/m1/s1. The highest BCUT2D eigenvalue weighted by Crippen LogP contribution is 2.38. The van der Waals surface area contributed by atoms with Gasteiger partial charge in [-0.1, -0.05) is 38.8 Å². The maximum Gasteiger partial charge on any atom is 0.242 e. The van der Waals surface area contributed by atoms with Gasteiger partial charge >= 0.3 is 0 Å². The molecule has 0 unspecified atom stereocenters. The minimum Gasteiger partial charge on any atom is -0.379 e. The summed E-state index contributed by atoms with van der Waals surface area (Å²) in [5, 5.41) is 6.09. The number of hydrogen-bond donors (Lipinski definition) is 2.